The van der Waals surface area contributed by atoms with E-state index in [-0.39, 0.29) is 16.9 Å². The van der Waals surface area contributed by atoms with E-state index >= 15 is 0 Å². The summed E-state index contributed by atoms with van der Waals surface area (Å²) < 4.78 is 0. The van der Waals surface area contributed by atoms with Crippen LogP contribution in [0.25, 0.3) is 0 Å². The number of nitrogens with one attached hydrogen (secondary N) is 2. The molecule has 19 heavy (non-hydrogen) atoms. The number of piperidine rings is 1. The van der Waals surface area contributed by atoms with E-state index in [0.29, 0.717) is 6.04 Å². The molecule has 0 aromatic heterocycles. The van der Waals surface area contributed by atoms with Crippen molar-refractivity contribution in [3.8, 4) is 0 Å². The molecule has 4 nitrogen and oxygen atoms in total. The highest BCUT2D eigenvalue weighted by Crippen LogP contribution is 2.26. The first-order valence-corrected chi connectivity index (χ1v) is 7.58. The molecule has 0 radical (unpaired) electrons. The van der Waals surface area contributed by atoms with Gasteiger partial charge in [-0.15, -0.1) is 0 Å². The van der Waals surface area contributed by atoms with Gasteiger partial charge in [-0.3, -0.25) is 9.69 Å². The predicted octanol–water partition coefficient (Wildman–Crippen LogP) is 1.37. The summed E-state index contributed by atoms with van der Waals surface area (Å²) in [6.07, 6.45) is 3.11. The second-order valence-corrected chi connectivity index (χ2v) is 7.39. The van der Waals surface area contributed by atoms with Crippen molar-refractivity contribution in [2.45, 2.75) is 58.5 Å². The normalized spacial score (nSPS) is 30.5. The fraction of sp³-hybridized carbons (Fsp3) is 0.933. The number of nitrogens with zero attached hydrogens (tertiary/aromatic N) is 1. The molecule has 0 aromatic carbocycles. The predicted molar refractivity (Wildman–Crippen MR) is 78.1 cm³/mol. The lowest BCUT2D eigenvalue weighted by molar-refractivity contribution is -0.130. The third-order valence-electron chi connectivity index (χ3n) is 4.70. The molecule has 0 saturated carbocycles. The van der Waals surface area contributed by atoms with Crippen LogP contribution in [0.5, 0.6) is 0 Å². The monoisotopic (exact) mass is 267 g/mol. The van der Waals surface area contributed by atoms with Crippen molar-refractivity contribution in [1.82, 2.24) is 15.5 Å². The van der Waals surface area contributed by atoms with Crippen LogP contribution in [-0.2, 0) is 4.79 Å². The van der Waals surface area contributed by atoms with E-state index in [1.807, 2.05) is 0 Å². The third kappa shape index (κ3) is 3.48. The Labute approximate surface area is 117 Å². The van der Waals surface area contributed by atoms with Crippen molar-refractivity contribution in [2.24, 2.45) is 5.41 Å². The van der Waals surface area contributed by atoms with Gasteiger partial charge in [0.25, 0.3) is 0 Å². The maximum absolute atomic E-state index is 12.3. The molecule has 0 spiro atoms. The Hall–Kier alpha value is -0.610. The smallest absolute Gasteiger partial charge is 0.227 e. The Morgan fingerprint density at radius 2 is 1.95 bits per heavy atom. The lowest BCUT2D eigenvalue weighted by atomic mass is 9.88. The molecule has 1 amide bonds. The summed E-state index contributed by atoms with van der Waals surface area (Å²) in [6, 6.07) is 0.364. The molecule has 0 bridgehead atoms. The largest absolute Gasteiger partial charge is 0.353 e. The quantitative estimate of drug-likeness (QED) is 0.794. The maximum Gasteiger partial charge on any atom is 0.227 e. The molecule has 110 valence electrons. The second kappa shape index (κ2) is 5.41. The molecule has 0 aliphatic carbocycles. The van der Waals surface area contributed by atoms with E-state index in [2.05, 4.69) is 43.2 Å². The Bertz CT molecular complexity index is 321. The Morgan fingerprint density at radius 3 is 2.42 bits per heavy atom. The third-order valence-corrected chi connectivity index (χ3v) is 4.70. The highest BCUT2D eigenvalue weighted by Gasteiger charge is 2.37. The Morgan fingerprint density at radius 1 is 1.32 bits per heavy atom. The van der Waals surface area contributed by atoms with Gasteiger partial charge in [0, 0.05) is 31.2 Å². The van der Waals surface area contributed by atoms with Crippen LogP contribution < -0.4 is 10.6 Å². The van der Waals surface area contributed by atoms with Crippen LogP contribution in [0.1, 0.15) is 47.0 Å². The zero-order valence-electron chi connectivity index (χ0n) is 12.9. The van der Waals surface area contributed by atoms with Crippen LogP contribution in [0.4, 0.5) is 0 Å². The van der Waals surface area contributed by atoms with Gasteiger partial charge in [0.2, 0.25) is 5.91 Å². The lowest BCUT2D eigenvalue weighted by Gasteiger charge is -2.41. The molecule has 4 heteroatoms. The average Bonchev–Trinajstić information content (AvgIpc) is 2.77. The van der Waals surface area contributed by atoms with E-state index in [0.717, 1.165) is 45.4 Å². The molecule has 0 aromatic rings. The minimum absolute atomic E-state index is 0.193. The van der Waals surface area contributed by atoms with Gasteiger partial charge in [-0.25, -0.2) is 0 Å². The molecule has 2 rings (SSSR count). The standard InChI is InChI=1S/C15H29N3O/c1-14(2,3)18-9-5-12(6-10-18)17-13(19)15(4)7-8-16-11-15/h12,16H,5-11H2,1-4H3,(H,17,19). The van der Waals surface area contributed by atoms with Crippen molar-refractivity contribution in [1.29, 1.82) is 0 Å². The molecule has 2 fully saturated rings. The second-order valence-electron chi connectivity index (χ2n) is 7.39. The Balaban J connectivity index is 1.81. The molecule has 2 N–H and O–H groups in total. The summed E-state index contributed by atoms with van der Waals surface area (Å²) in [6.45, 7) is 12.8. The van der Waals surface area contributed by atoms with Gasteiger partial charge in [-0.2, -0.15) is 0 Å². The summed E-state index contributed by atoms with van der Waals surface area (Å²) in [7, 11) is 0. The fourth-order valence-corrected chi connectivity index (χ4v) is 3.07. The molecule has 2 heterocycles. The number of rotatable bonds is 2. The number of carbonyl (C=O) groups is 1. The molecule has 2 aliphatic heterocycles. The van der Waals surface area contributed by atoms with Crippen molar-refractivity contribution in [2.75, 3.05) is 26.2 Å². The number of hydrogen-bond donors (Lipinski definition) is 2. The number of amides is 1. The summed E-state index contributed by atoms with van der Waals surface area (Å²) >= 11 is 0. The zero-order valence-corrected chi connectivity index (χ0v) is 12.9. The van der Waals surface area contributed by atoms with Crippen LogP contribution in [0.3, 0.4) is 0 Å². The molecule has 1 atom stereocenters. The first kappa shape index (κ1) is 14.8. The topological polar surface area (TPSA) is 44.4 Å². The van der Waals surface area contributed by atoms with Crippen LogP contribution in [0, 0.1) is 5.41 Å². The number of hydrogen-bond acceptors (Lipinski definition) is 3. The minimum Gasteiger partial charge on any atom is -0.353 e. The van der Waals surface area contributed by atoms with E-state index in [9.17, 15) is 4.79 Å². The van der Waals surface area contributed by atoms with Crippen molar-refractivity contribution in [3.05, 3.63) is 0 Å². The van der Waals surface area contributed by atoms with Gasteiger partial charge in [-0.1, -0.05) is 0 Å². The van der Waals surface area contributed by atoms with Gasteiger partial charge >= 0.3 is 0 Å². The van der Waals surface area contributed by atoms with Crippen molar-refractivity contribution >= 4 is 5.91 Å². The lowest BCUT2D eigenvalue weighted by Crippen LogP contribution is -2.53. The van der Waals surface area contributed by atoms with E-state index in [1.54, 1.807) is 0 Å². The number of likely N-dealkylation sites (tertiary alicyclic amines) is 1. The van der Waals surface area contributed by atoms with E-state index in [1.165, 1.54) is 0 Å². The zero-order chi connectivity index (χ0) is 14.1. The molecule has 2 aliphatic rings. The summed E-state index contributed by atoms with van der Waals surface area (Å²) in [5.74, 6) is 0.242. The summed E-state index contributed by atoms with van der Waals surface area (Å²) in [5.41, 5.74) is 0.0531. The molecular weight excluding hydrogens is 238 g/mol. The van der Waals surface area contributed by atoms with E-state index < -0.39 is 0 Å². The van der Waals surface area contributed by atoms with E-state index in [4.69, 9.17) is 0 Å². The highest BCUT2D eigenvalue weighted by molar-refractivity contribution is 5.83. The van der Waals surface area contributed by atoms with Gasteiger partial charge in [0.15, 0.2) is 0 Å². The van der Waals surface area contributed by atoms with Gasteiger partial charge in [-0.05, 0) is 53.5 Å². The summed E-state index contributed by atoms with van der Waals surface area (Å²) in [5, 5.41) is 6.56. The van der Waals surface area contributed by atoms with Gasteiger partial charge in [0.05, 0.1) is 5.41 Å². The minimum atomic E-state index is -0.193. The fourth-order valence-electron chi connectivity index (χ4n) is 3.07. The van der Waals surface area contributed by atoms with Gasteiger partial charge in [0.1, 0.15) is 0 Å². The highest BCUT2D eigenvalue weighted by atomic mass is 16.2. The molecule has 1 unspecified atom stereocenters. The first-order chi connectivity index (χ1) is 8.81. The van der Waals surface area contributed by atoms with Crippen molar-refractivity contribution in [3.63, 3.8) is 0 Å². The first-order valence-electron chi connectivity index (χ1n) is 7.58. The van der Waals surface area contributed by atoms with Crippen LogP contribution in [-0.4, -0.2) is 48.6 Å². The SMILES string of the molecule is CC1(C(=O)NC2CCN(C(C)(C)C)CC2)CCNC1. The maximum atomic E-state index is 12.3. The molecule has 2 saturated heterocycles. The van der Waals surface area contributed by atoms with Crippen molar-refractivity contribution < 1.29 is 4.79 Å². The van der Waals surface area contributed by atoms with Crippen LogP contribution in [0.15, 0.2) is 0 Å². The van der Waals surface area contributed by atoms with Gasteiger partial charge < -0.3 is 10.6 Å². The van der Waals surface area contributed by atoms with Crippen LogP contribution in [0.2, 0.25) is 0 Å². The average molecular weight is 267 g/mol. The number of carbonyl (C=O) groups excluding carboxylic acids is 1. The summed E-state index contributed by atoms with van der Waals surface area (Å²) in [4.78, 5) is 14.9. The molecular formula is C15H29N3O. The van der Waals surface area contributed by atoms with Crippen LogP contribution >= 0.6 is 0 Å². The Kier molecular flexibility index (Phi) is 4.21.